The molecule has 0 aliphatic carbocycles. The van der Waals surface area contributed by atoms with Gasteiger partial charge in [0.1, 0.15) is 0 Å². The van der Waals surface area contributed by atoms with Gasteiger partial charge in [0.15, 0.2) is 0 Å². The Morgan fingerprint density at radius 1 is 1.00 bits per heavy atom. The molecule has 6 heteroatoms. The van der Waals surface area contributed by atoms with E-state index in [4.69, 9.17) is 11.6 Å². The average molecular weight is 381 g/mol. The minimum absolute atomic E-state index is 0.285. The number of rotatable bonds is 6. The topological polar surface area (TPSA) is 66.9 Å². The number of aryl methyl sites for hydroxylation is 2. The van der Waals surface area contributed by atoms with Crippen molar-refractivity contribution in [2.75, 3.05) is 10.6 Å². The van der Waals surface area contributed by atoms with Crippen LogP contribution in [0.5, 0.6) is 0 Å². The van der Waals surface area contributed by atoms with Crippen molar-refractivity contribution in [2.45, 2.75) is 26.7 Å². The zero-order chi connectivity index (χ0) is 19.2. The number of nitrogens with zero attached hydrogens (tertiary/aromatic N) is 2. The van der Waals surface area contributed by atoms with Crippen LogP contribution in [0.25, 0.3) is 0 Å². The normalized spacial score (nSPS) is 10.5. The SMILES string of the molecule is CCc1cccc(CC)c1Nc1ncc(C(=O)Nc2cccc(Cl)c2)cn1. The summed E-state index contributed by atoms with van der Waals surface area (Å²) in [5.41, 5.74) is 4.46. The van der Waals surface area contributed by atoms with E-state index >= 15 is 0 Å². The van der Waals surface area contributed by atoms with Gasteiger partial charge in [-0.25, -0.2) is 9.97 Å². The Hall–Kier alpha value is -2.92. The molecule has 0 saturated heterocycles. The average Bonchev–Trinajstić information content (AvgIpc) is 2.68. The number of amides is 1. The Balaban J connectivity index is 1.75. The van der Waals surface area contributed by atoms with Crippen LogP contribution in [-0.2, 0) is 12.8 Å². The number of anilines is 3. The fourth-order valence-electron chi connectivity index (χ4n) is 2.79. The lowest BCUT2D eigenvalue weighted by atomic mass is 10.0. The first-order valence-electron chi connectivity index (χ1n) is 8.87. The number of halogens is 1. The molecule has 0 radical (unpaired) electrons. The summed E-state index contributed by atoms with van der Waals surface area (Å²) in [6, 6.07) is 13.2. The predicted octanol–water partition coefficient (Wildman–Crippen LogP) is 5.25. The van der Waals surface area contributed by atoms with E-state index in [0.717, 1.165) is 18.5 Å². The molecule has 3 rings (SSSR count). The molecule has 0 saturated carbocycles. The van der Waals surface area contributed by atoms with Gasteiger partial charge >= 0.3 is 0 Å². The largest absolute Gasteiger partial charge is 0.324 e. The number of hydrogen-bond acceptors (Lipinski definition) is 4. The van der Waals surface area contributed by atoms with Gasteiger partial charge in [0.05, 0.1) is 5.56 Å². The highest BCUT2D eigenvalue weighted by Gasteiger charge is 2.11. The molecule has 3 aromatic rings. The van der Waals surface area contributed by atoms with Crippen molar-refractivity contribution in [2.24, 2.45) is 0 Å². The second kappa shape index (κ2) is 8.64. The first kappa shape index (κ1) is 18.9. The first-order chi connectivity index (χ1) is 13.1. The summed E-state index contributed by atoms with van der Waals surface area (Å²) in [6.45, 7) is 4.23. The number of para-hydroxylation sites is 1. The lowest BCUT2D eigenvalue weighted by molar-refractivity contribution is 0.102. The summed E-state index contributed by atoms with van der Waals surface area (Å²) in [5.74, 6) is 0.178. The highest BCUT2D eigenvalue weighted by Crippen LogP contribution is 2.25. The lowest BCUT2D eigenvalue weighted by Gasteiger charge is -2.14. The van der Waals surface area contributed by atoms with Gasteiger partial charge < -0.3 is 10.6 Å². The van der Waals surface area contributed by atoms with Crippen molar-refractivity contribution in [3.63, 3.8) is 0 Å². The zero-order valence-electron chi connectivity index (χ0n) is 15.3. The number of carbonyl (C=O) groups is 1. The van der Waals surface area contributed by atoms with Crippen molar-refractivity contribution in [3.8, 4) is 0 Å². The lowest BCUT2D eigenvalue weighted by Crippen LogP contribution is -2.13. The minimum Gasteiger partial charge on any atom is -0.324 e. The third kappa shape index (κ3) is 4.63. The number of nitrogens with one attached hydrogen (secondary N) is 2. The number of hydrogen-bond donors (Lipinski definition) is 2. The Morgan fingerprint density at radius 2 is 1.63 bits per heavy atom. The highest BCUT2D eigenvalue weighted by molar-refractivity contribution is 6.30. The van der Waals surface area contributed by atoms with Crippen LogP contribution in [0.2, 0.25) is 5.02 Å². The highest BCUT2D eigenvalue weighted by atomic mass is 35.5. The van der Waals surface area contributed by atoms with E-state index < -0.39 is 0 Å². The minimum atomic E-state index is -0.285. The Morgan fingerprint density at radius 3 is 2.22 bits per heavy atom. The molecule has 0 spiro atoms. The third-order valence-corrected chi connectivity index (χ3v) is 4.47. The molecular weight excluding hydrogens is 360 g/mol. The first-order valence-corrected chi connectivity index (χ1v) is 9.25. The Bertz CT molecular complexity index is 919. The van der Waals surface area contributed by atoms with Crippen LogP contribution < -0.4 is 10.6 Å². The Labute approximate surface area is 163 Å². The van der Waals surface area contributed by atoms with Crippen LogP contribution in [0.4, 0.5) is 17.3 Å². The van der Waals surface area contributed by atoms with E-state index in [-0.39, 0.29) is 5.91 Å². The molecule has 0 aliphatic rings. The monoisotopic (exact) mass is 380 g/mol. The number of aromatic nitrogens is 2. The quantitative estimate of drug-likeness (QED) is 0.612. The van der Waals surface area contributed by atoms with Gasteiger partial charge in [-0.05, 0) is 42.2 Å². The molecule has 0 unspecified atom stereocenters. The molecular formula is C21H21ClN4O. The summed E-state index contributed by atoms with van der Waals surface area (Å²) >= 11 is 5.94. The fourth-order valence-corrected chi connectivity index (χ4v) is 2.98. The maximum atomic E-state index is 12.3. The summed E-state index contributed by atoms with van der Waals surface area (Å²) < 4.78 is 0. The number of carbonyl (C=O) groups excluding carboxylic acids is 1. The van der Waals surface area contributed by atoms with E-state index in [0.29, 0.717) is 22.2 Å². The van der Waals surface area contributed by atoms with Gasteiger partial charge in [0.25, 0.3) is 5.91 Å². The van der Waals surface area contributed by atoms with Crippen molar-refractivity contribution in [1.82, 2.24) is 9.97 Å². The van der Waals surface area contributed by atoms with Crippen LogP contribution in [0.1, 0.15) is 35.3 Å². The van der Waals surface area contributed by atoms with E-state index in [1.807, 2.05) is 0 Å². The maximum Gasteiger partial charge on any atom is 0.258 e. The van der Waals surface area contributed by atoms with Gasteiger partial charge in [0, 0.05) is 28.8 Å². The molecule has 5 nitrogen and oxygen atoms in total. The molecule has 0 aliphatic heterocycles. The van der Waals surface area contributed by atoms with E-state index in [1.54, 1.807) is 24.3 Å². The fraction of sp³-hybridized carbons (Fsp3) is 0.190. The third-order valence-electron chi connectivity index (χ3n) is 4.23. The molecule has 1 aromatic heterocycles. The van der Waals surface area contributed by atoms with Crippen molar-refractivity contribution >= 4 is 34.8 Å². The van der Waals surface area contributed by atoms with E-state index in [2.05, 4.69) is 52.6 Å². The maximum absolute atomic E-state index is 12.3. The van der Waals surface area contributed by atoms with Crippen LogP contribution in [0.3, 0.4) is 0 Å². The van der Waals surface area contributed by atoms with E-state index in [9.17, 15) is 4.79 Å². The molecule has 0 atom stereocenters. The zero-order valence-corrected chi connectivity index (χ0v) is 16.0. The number of benzene rings is 2. The molecule has 138 valence electrons. The van der Waals surface area contributed by atoms with Gasteiger partial charge in [-0.2, -0.15) is 0 Å². The second-order valence-corrected chi connectivity index (χ2v) is 6.48. The van der Waals surface area contributed by atoms with Crippen LogP contribution in [-0.4, -0.2) is 15.9 Å². The summed E-state index contributed by atoms with van der Waals surface area (Å²) in [4.78, 5) is 20.9. The predicted molar refractivity (Wildman–Crippen MR) is 110 cm³/mol. The molecule has 0 fully saturated rings. The summed E-state index contributed by atoms with van der Waals surface area (Å²) in [7, 11) is 0. The standard InChI is InChI=1S/C21H21ClN4O/c1-3-14-7-5-8-15(4-2)19(14)26-21-23-12-16(13-24-21)20(27)25-18-10-6-9-17(22)11-18/h5-13H,3-4H2,1-2H3,(H,25,27)(H,23,24,26). The molecule has 1 amide bonds. The summed E-state index contributed by atoms with van der Waals surface area (Å²) in [5, 5.41) is 6.64. The molecule has 0 bridgehead atoms. The van der Waals surface area contributed by atoms with Gasteiger partial charge in [0.2, 0.25) is 5.95 Å². The van der Waals surface area contributed by atoms with Gasteiger partial charge in [-0.15, -0.1) is 0 Å². The van der Waals surface area contributed by atoms with Crippen molar-refractivity contribution in [3.05, 3.63) is 76.6 Å². The van der Waals surface area contributed by atoms with Gasteiger partial charge in [-0.1, -0.05) is 49.7 Å². The van der Waals surface area contributed by atoms with Crippen molar-refractivity contribution in [1.29, 1.82) is 0 Å². The smallest absolute Gasteiger partial charge is 0.258 e. The van der Waals surface area contributed by atoms with Crippen LogP contribution in [0, 0.1) is 0 Å². The molecule has 2 N–H and O–H groups in total. The Kier molecular flexibility index (Phi) is 6.04. The van der Waals surface area contributed by atoms with Crippen LogP contribution in [0.15, 0.2) is 54.9 Å². The molecule has 2 aromatic carbocycles. The summed E-state index contributed by atoms with van der Waals surface area (Å²) in [6.07, 6.45) is 4.84. The van der Waals surface area contributed by atoms with Crippen LogP contribution >= 0.6 is 11.6 Å². The second-order valence-electron chi connectivity index (χ2n) is 6.04. The van der Waals surface area contributed by atoms with Gasteiger partial charge in [-0.3, -0.25) is 4.79 Å². The molecule has 27 heavy (non-hydrogen) atoms. The molecule has 1 heterocycles. The van der Waals surface area contributed by atoms with E-state index in [1.165, 1.54) is 23.5 Å². The van der Waals surface area contributed by atoms with Crippen molar-refractivity contribution < 1.29 is 4.79 Å².